The molecule has 0 radical (unpaired) electrons. The monoisotopic (exact) mass is 532 g/mol. The molecule has 0 aromatic heterocycles. The van der Waals surface area contributed by atoms with Crippen molar-refractivity contribution in [3.05, 3.63) is 0 Å². The zero-order valence-electron chi connectivity index (χ0n) is 18.2. The van der Waals surface area contributed by atoms with Crippen LogP contribution in [0.5, 0.6) is 0 Å². The highest BCUT2D eigenvalue weighted by atomic mass is 127. The molecule has 166 valence electrons. The quantitative estimate of drug-likeness (QED) is 0.328. The van der Waals surface area contributed by atoms with Gasteiger partial charge in [-0.1, -0.05) is 0 Å². The van der Waals surface area contributed by atoms with E-state index in [4.69, 9.17) is 4.74 Å². The van der Waals surface area contributed by atoms with E-state index in [0.717, 1.165) is 12.8 Å². The number of sulfone groups is 1. The number of carbonyl (C=O) groups is 1. The highest BCUT2D eigenvalue weighted by molar-refractivity contribution is 14.0. The highest BCUT2D eigenvalue weighted by Crippen LogP contribution is 2.16. The van der Waals surface area contributed by atoms with Gasteiger partial charge in [0.25, 0.3) is 0 Å². The van der Waals surface area contributed by atoms with E-state index in [2.05, 4.69) is 15.6 Å². The van der Waals surface area contributed by atoms with Crippen LogP contribution in [-0.4, -0.2) is 74.2 Å². The number of ether oxygens (including phenoxy) is 1. The molecule has 0 aliphatic carbocycles. The lowest BCUT2D eigenvalue weighted by molar-refractivity contribution is 0.0193. The average Bonchev–Trinajstić information content (AvgIpc) is 2.51. The van der Waals surface area contributed by atoms with E-state index < -0.39 is 20.2 Å². The van der Waals surface area contributed by atoms with Crippen LogP contribution in [0, 0.1) is 0 Å². The topological polar surface area (TPSA) is 100 Å². The molecular formula is C18H37IN4O4S. The fraction of sp³-hybridized carbons (Fsp3) is 0.889. The molecule has 1 unspecified atom stereocenters. The largest absolute Gasteiger partial charge is 0.444 e. The molecule has 1 aliphatic heterocycles. The Morgan fingerprint density at radius 2 is 1.82 bits per heavy atom. The van der Waals surface area contributed by atoms with Gasteiger partial charge in [0.05, 0.1) is 10.5 Å². The van der Waals surface area contributed by atoms with Gasteiger partial charge in [0.15, 0.2) is 15.8 Å². The maximum absolute atomic E-state index is 12.3. The molecule has 1 heterocycles. The molecule has 1 fully saturated rings. The van der Waals surface area contributed by atoms with Crippen LogP contribution >= 0.6 is 24.0 Å². The number of hydrogen-bond donors (Lipinski definition) is 2. The lowest BCUT2D eigenvalue weighted by Crippen LogP contribution is -2.53. The summed E-state index contributed by atoms with van der Waals surface area (Å²) in [6.07, 6.45) is 1.46. The molecule has 1 saturated heterocycles. The van der Waals surface area contributed by atoms with Crippen molar-refractivity contribution in [2.24, 2.45) is 4.99 Å². The SMILES string of the molecule is CN=C(NCCS(=O)(=O)C(C)(C)C)NC1CCCN(C(=O)OC(C)(C)C)C1.I. The van der Waals surface area contributed by atoms with Crippen LogP contribution in [0.3, 0.4) is 0 Å². The van der Waals surface area contributed by atoms with Crippen molar-refractivity contribution in [1.29, 1.82) is 0 Å². The van der Waals surface area contributed by atoms with Crippen LogP contribution in [-0.2, 0) is 14.6 Å². The molecule has 1 amide bonds. The van der Waals surface area contributed by atoms with Crippen LogP contribution < -0.4 is 10.6 Å². The first-order chi connectivity index (χ1) is 12.2. The van der Waals surface area contributed by atoms with Crippen LogP contribution in [0.25, 0.3) is 0 Å². The van der Waals surface area contributed by atoms with Gasteiger partial charge in [-0.15, -0.1) is 24.0 Å². The van der Waals surface area contributed by atoms with Crippen LogP contribution in [0.15, 0.2) is 4.99 Å². The van der Waals surface area contributed by atoms with Crippen molar-refractivity contribution in [2.45, 2.75) is 70.8 Å². The van der Waals surface area contributed by atoms with Gasteiger partial charge in [-0.2, -0.15) is 0 Å². The normalized spacial score (nSPS) is 18.9. The summed E-state index contributed by atoms with van der Waals surface area (Å²) in [4.78, 5) is 18.1. The number of amides is 1. The van der Waals surface area contributed by atoms with Gasteiger partial charge >= 0.3 is 6.09 Å². The Balaban J connectivity index is 0.00000729. The third kappa shape index (κ3) is 9.15. The Morgan fingerprint density at radius 3 is 2.32 bits per heavy atom. The van der Waals surface area contributed by atoms with Gasteiger partial charge in [0.2, 0.25) is 0 Å². The first-order valence-corrected chi connectivity index (χ1v) is 11.1. The Kier molecular flexibility index (Phi) is 10.5. The number of hydrogen-bond acceptors (Lipinski definition) is 5. The maximum atomic E-state index is 12.3. The molecule has 0 spiro atoms. The smallest absolute Gasteiger partial charge is 0.410 e. The van der Waals surface area contributed by atoms with E-state index in [1.54, 1.807) is 32.7 Å². The van der Waals surface area contributed by atoms with Crippen molar-refractivity contribution in [3.8, 4) is 0 Å². The standard InChI is InChI=1S/C18H36N4O4S.HI/c1-17(2,3)26-16(23)22-11-8-9-14(13-22)21-15(19-7)20-10-12-27(24,25)18(4,5)6;/h14H,8-13H2,1-7H3,(H2,19,20,21);1H. The fourth-order valence-electron chi connectivity index (χ4n) is 2.59. The summed E-state index contributed by atoms with van der Waals surface area (Å²) in [7, 11) is -1.55. The summed E-state index contributed by atoms with van der Waals surface area (Å²) in [5, 5.41) is 6.33. The second-order valence-electron chi connectivity index (χ2n) is 8.84. The van der Waals surface area contributed by atoms with Crippen LogP contribution in [0.2, 0.25) is 0 Å². The minimum absolute atomic E-state index is 0. The van der Waals surface area contributed by atoms with Gasteiger partial charge in [-0.3, -0.25) is 4.99 Å². The van der Waals surface area contributed by atoms with Gasteiger partial charge in [-0.05, 0) is 54.4 Å². The molecule has 2 N–H and O–H groups in total. The third-order valence-electron chi connectivity index (χ3n) is 4.23. The lowest BCUT2D eigenvalue weighted by atomic mass is 10.1. The summed E-state index contributed by atoms with van der Waals surface area (Å²) in [5.41, 5.74) is -0.520. The zero-order valence-corrected chi connectivity index (χ0v) is 21.3. The number of halogens is 1. The molecule has 1 atom stereocenters. The van der Waals surface area contributed by atoms with Crippen molar-refractivity contribution in [2.75, 3.05) is 32.4 Å². The third-order valence-corrected chi connectivity index (χ3v) is 6.84. The van der Waals surface area contributed by atoms with E-state index in [1.165, 1.54) is 0 Å². The van der Waals surface area contributed by atoms with Gasteiger partial charge in [-0.25, -0.2) is 13.2 Å². The zero-order chi connectivity index (χ0) is 20.9. The van der Waals surface area contributed by atoms with Crippen molar-refractivity contribution >= 4 is 45.9 Å². The van der Waals surface area contributed by atoms with E-state index in [1.807, 2.05) is 20.8 Å². The molecular weight excluding hydrogens is 495 g/mol. The van der Waals surface area contributed by atoms with Gasteiger partial charge < -0.3 is 20.3 Å². The Morgan fingerprint density at radius 1 is 1.21 bits per heavy atom. The number of nitrogens with zero attached hydrogens (tertiary/aromatic N) is 2. The molecule has 0 saturated carbocycles. The molecule has 28 heavy (non-hydrogen) atoms. The number of likely N-dealkylation sites (tertiary alicyclic amines) is 1. The predicted octanol–water partition coefficient (Wildman–Crippen LogP) is 2.38. The summed E-state index contributed by atoms with van der Waals surface area (Å²) >= 11 is 0. The molecule has 8 nitrogen and oxygen atoms in total. The minimum Gasteiger partial charge on any atom is -0.444 e. The van der Waals surface area contributed by atoms with Crippen molar-refractivity contribution in [3.63, 3.8) is 0 Å². The molecule has 1 rings (SSSR count). The highest BCUT2D eigenvalue weighted by Gasteiger charge is 2.29. The molecule has 0 bridgehead atoms. The predicted molar refractivity (Wildman–Crippen MR) is 124 cm³/mol. The molecule has 10 heteroatoms. The summed E-state index contributed by atoms with van der Waals surface area (Å²) in [5.74, 6) is 0.571. The molecule has 0 aromatic carbocycles. The first-order valence-electron chi connectivity index (χ1n) is 9.42. The van der Waals surface area contributed by atoms with E-state index >= 15 is 0 Å². The van der Waals surface area contributed by atoms with Crippen molar-refractivity contribution < 1.29 is 17.9 Å². The molecule has 1 aliphatic rings. The maximum Gasteiger partial charge on any atom is 0.410 e. The summed E-state index contributed by atoms with van der Waals surface area (Å²) in [6.45, 7) is 12.1. The number of rotatable bonds is 4. The van der Waals surface area contributed by atoms with E-state index in [9.17, 15) is 13.2 Å². The van der Waals surface area contributed by atoms with E-state index in [0.29, 0.717) is 19.0 Å². The average molecular weight is 532 g/mol. The van der Waals surface area contributed by atoms with Crippen LogP contribution in [0.1, 0.15) is 54.4 Å². The number of carbonyl (C=O) groups excluding carboxylic acids is 1. The number of nitrogens with one attached hydrogen (secondary N) is 2. The summed E-state index contributed by atoms with van der Waals surface area (Å²) < 4.78 is 29.0. The van der Waals surface area contributed by atoms with Gasteiger partial charge in [0.1, 0.15) is 5.60 Å². The minimum atomic E-state index is -3.19. The second-order valence-corrected chi connectivity index (χ2v) is 11.7. The number of aliphatic imine (C=N–C) groups is 1. The van der Waals surface area contributed by atoms with E-state index in [-0.39, 0.29) is 48.4 Å². The lowest BCUT2D eigenvalue weighted by Gasteiger charge is -2.35. The first kappa shape index (κ1) is 27.2. The van der Waals surface area contributed by atoms with Gasteiger partial charge in [0, 0.05) is 32.7 Å². The van der Waals surface area contributed by atoms with Crippen LogP contribution in [0.4, 0.5) is 4.79 Å². The summed E-state index contributed by atoms with van der Waals surface area (Å²) in [6, 6.07) is 0.0386. The Labute approximate surface area is 187 Å². The molecule has 0 aromatic rings. The van der Waals surface area contributed by atoms with Crippen molar-refractivity contribution in [1.82, 2.24) is 15.5 Å². The second kappa shape index (κ2) is 10.8. The fourth-order valence-corrected chi connectivity index (χ4v) is 3.57. The Hall–Kier alpha value is -0.780. The number of guanidine groups is 1. The number of piperidine rings is 1. The Bertz CT molecular complexity index is 639.